The Bertz CT molecular complexity index is 753. The van der Waals surface area contributed by atoms with Crippen molar-refractivity contribution in [3.63, 3.8) is 0 Å². The third-order valence-corrected chi connectivity index (χ3v) is 4.25. The lowest BCUT2D eigenvalue weighted by atomic mass is 10.2. The Hall–Kier alpha value is -2.19. The van der Waals surface area contributed by atoms with Crippen molar-refractivity contribution in [3.05, 3.63) is 46.6 Å². The van der Waals surface area contributed by atoms with Crippen LogP contribution in [0.2, 0.25) is 0 Å². The van der Waals surface area contributed by atoms with Gasteiger partial charge in [0, 0.05) is 38.1 Å². The fraction of sp³-hybridized carbons (Fsp3) is 0.312. The molecule has 7 nitrogen and oxygen atoms in total. The summed E-state index contributed by atoms with van der Waals surface area (Å²) in [5.41, 5.74) is 0.818. The van der Waals surface area contributed by atoms with Crippen molar-refractivity contribution in [1.82, 2.24) is 14.8 Å². The van der Waals surface area contributed by atoms with E-state index in [1.54, 1.807) is 29.2 Å². The molecule has 1 saturated heterocycles. The number of carbonyl (C=O) groups is 2. The quantitative estimate of drug-likeness (QED) is 0.864. The molecule has 3 rings (SSSR count). The van der Waals surface area contributed by atoms with Gasteiger partial charge in [-0.1, -0.05) is 0 Å². The summed E-state index contributed by atoms with van der Waals surface area (Å²) < 4.78 is 5.69. The molecule has 1 aliphatic rings. The average molecular weight is 393 g/mol. The van der Waals surface area contributed by atoms with Crippen molar-refractivity contribution in [1.29, 1.82) is 0 Å². The zero-order valence-electron chi connectivity index (χ0n) is 13.2. The molecule has 2 aromatic heterocycles. The van der Waals surface area contributed by atoms with Crippen LogP contribution in [0, 0.1) is 0 Å². The highest BCUT2D eigenvalue weighted by molar-refractivity contribution is 9.10. The van der Waals surface area contributed by atoms with Crippen LogP contribution in [-0.2, 0) is 0 Å². The summed E-state index contributed by atoms with van der Waals surface area (Å²) >= 11 is 3.15. The average Bonchev–Trinajstić information content (AvgIpc) is 3.02. The summed E-state index contributed by atoms with van der Waals surface area (Å²) in [6, 6.07) is 6.42. The van der Waals surface area contributed by atoms with E-state index in [-0.39, 0.29) is 17.6 Å². The topological polar surface area (TPSA) is 78.7 Å². The molecular formula is C16H17BrN4O3. The van der Waals surface area contributed by atoms with Crippen LogP contribution in [-0.4, -0.2) is 59.8 Å². The van der Waals surface area contributed by atoms with Gasteiger partial charge in [0.05, 0.1) is 0 Å². The van der Waals surface area contributed by atoms with Crippen molar-refractivity contribution < 1.29 is 14.0 Å². The maximum atomic E-state index is 12.5. The van der Waals surface area contributed by atoms with E-state index < -0.39 is 0 Å². The predicted octanol–water partition coefficient (Wildman–Crippen LogP) is 2.08. The molecule has 2 aromatic rings. The van der Waals surface area contributed by atoms with Crippen molar-refractivity contribution >= 4 is 33.4 Å². The zero-order valence-corrected chi connectivity index (χ0v) is 14.7. The molecule has 1 fully saturated rings. The highest BCUT2D eigenvalue weighted by atomic mass is 79.9. The van der Waals surface area contributed by atoms with Crippen molar-refractivity contribution in [2.45, 2.75) is 0 Å². The molecule has 126 valence electrons. The first-order valence-electron chi connectivity index (χ1n) is 7.53. The SMILES string of the molecule is CN1CCN(C(=O)c2cc(NC(=O)c3ccc(Br)o3)ccn2)CC1. The van der Waals surface area contributed by atoms with Gasteiger partial charge in [0.15, 0.2) is 10.4 Å². The van der Waals surface area contributed by atoms with Gasteiger partial charge in [-0.15, -0.1) is 0 Å². The molecule has 0 unspecified atom stereocenters. The van der Waals surface area contributed by atoms with Crippen molar-refractivity contribution in [2.24, 2.45) is 0 Å². The third-order valence-electron chi connectivity index (χ3n) is 3.82. The van der Waals surface area contributed by atoms with Crippen LogP contribution in [0.15, 0.2) is 39.5 Å². The van der Waals surface area contributed by atoms with Gasteiger partial charge in [0.25, 0.3) is 11.8 Å². The first-order valence-corrected chi connectivity index (χ1v) is 8.33. The number of nitrogens with one attached hydrogen (secondary N) is 1. The number of amides is 2. The first-order chi connectivity index (χ1) is 11.5. The van der Waals surface area contributed by atoms with Crippen LogP contribution >= 0.6 is 15.9 Å². The molecule has 0 saturated carbocycles. The maximum Gasteiger partial charge on any atom is 0.291 e. The summed E-state index contributed by atoms with van der Waals surface area (Å²) in [6.45, 7) is 3.03. The lowest BCUT2D eigenvalue weighted by molar-refractivity contribution is 0.0658. The molecule has 8 heteroatoms. The van der Waals surface area contributed by atoms with Crippen LogP contribution in [0.1, 0.15) is 21.0 Å². The number of furan rings is 1. The summed E-state index contributed by atoms with van der Waals surface area (Å²) in [7, 11) is 2.03. The van der Waals surface area contributed by atoms with Crippen LogP contribution < -0.4 is 5.32 Å². The Morgan fingerprint density at radius 2 is 1.96 bits per heavy atom. The molecule has 0 aliphatic carbocycles. The number of rotatable bonds is 3. The van der Waals surface area contributed by atoms with Gasteiger partial charge < -0.3 is 19.5 Å². The van der Waals surface area contributed by atoms with E-state index in [2.05, 4.69) is 31.1 Å². The van der Waals surface area contributed by atoms with E-state index in [1.807, 2.05) is 7.05 Å². The number of anilines is 1. The van der Waals surface area contributed by atoms with E-state index in [9.17, 15) is 9.59 Å². The molecule has 1 N–H and O–H groups in total. The monoisotopic (exact) mass is 392 g/mol. The maximum absolute atomic E-state index is 12.5. The van der Waals surface area contributed by atoms with E-state index >= 15 is 0 Å². The van der Waals surface area contributed by atoms with Crippen molar-refractivity contribution in [3.8, 4) is 0 Å². The largest absolute Gasteiger partial charge is 0.444 e. The van der Waals surface area contributed by atoms with Gasteiger partial charge >= 0.3 is 0 Å². The minimum Gasteiger partial charge on any atom is -0.444 e. The summed E-state index contributed by atoms with van der Waals surface area (Å²) in [5.74, 6) is -0.324. The zero-order chi connectivity index (χ0) is 17.1. The molecule has 0 aromatic carbocycles. The minimum atomic E-state index is -0.384. The van der Waals surface area contributed by atoms with Crippen LogP contribution in [0.25, 0.3) is 0 Å². The lowest BCUT2D eigenvalue weighted by Crippen LogP contribution is -2.47. The van der Waals surface area contributed by atoms with E-state index in [4.69, 9.17) is 4.42 Å². The molecule has 0 bridgehead atoms. The van der Waals surface area contributed by atoms with E-state index in [0.29, 0.717) is 29.1 Å². The Balaban J connectivity index is 1.69. The fourth-order valence-corrected chi connectivity index (χ4v) is 2.73. The van der Waals surface area contributed by atoms with Crippen LogP contribution in [0.3, 0.4) is 0 Å². The number of hydrogen-bond acceptors (Lipinski definition) is 5. The Morgan fingerprint density at radius 1 is 1.21 bits per heavy atom. The Morgan fingerprint density at radius 3 is 2.62 bits per heavy atom. The molecule has 3 heterocycles. The van der Waals surface area contributed by atoms with Crippen LogP contribution in [0.5, 0.6) is 0 Å². The molecule has 0 radical (unpaired) electrons. The number of carbonyl (C=O) groups excluding carboxylic acids is 2. The van der Waals surface area contributed by atoms with Gasteiger partial charge in [-0.2, -0.15) is 0 Å². The Labute approximate surface area is 147 Å². The fourth-order valence-electron chi connectivity index (χ4n) is 2.43. The number of likely N-dealkylation sites (N-methyl/N-ethyl adjacent to an activating group) is 1. The van der Waals surface area contributed by atoms with Crippen LogP contribution in [0.4, 0.5) is 5.69 Å². The van der Waals surface area contributed by atoms with Crippen molar-refractivity contribution in [2.75, 3.05) is 38.5 Å². The molecule has 0 spiro atoms. The Kier molecular flexibility index (Phi) is 4.96. The van der Waals surface area contributed by atoms with Gasteiger partial charge in [-0.3, -0.25) is 14.6 Å². The highest BCUT2D eigenvalue weighted by Gasteiger charge is 2.21. The standard InChI is InChI=1S/C16H17BrN4O3/c1-20-6-8-21(9-7-20)16(23)12-10-11(4-5-18-12)19-15(22)13-2-3-14(17)24-13/h2-5,10H,6-9H2,1H3,(H,18,19,22). The lowest BCUT2D eigenvalue weighted by Gasteiger charge is -2.32. The summed E-state index contributed by atoms with van der Waals surface area (Å²) in [5, 5.41) is 2.70. The number of nitrogens with zero attached hydrogens (tertiary/aromatic N) is 3. The van der Waals surface area contributed by atoms with Gasteiger partial charge in [0.2, 0.25) is 0 Å². The number of piperazine rings is 1. The minimum absolute atomic E-state index is 0.125. The van der Waals surface area contributed by atoms with Gasteiger partial charge in [0.1, 0.15) is 5.69 Å². The summed E-state index contributed by atoms with van der Waals surface area (Å²) in [6.07, 6.45) is 1.51. The predicted molar refractivity (Wildman–Crippen MR) is 92.0 cm³/mol. The van der Waals surface area contributed by atoms with Gasteiger partial charge in [-0.25, -0.2) is 0 Å². The third kappa shape index (κ3) is 3.82. The first kappa shape index (κ1) is 16.7. The van der Waals surface area contributed by atoms with E-state index in [0.717, 1.165) is 13.1 Å². The smallest absolute Gasteiger partial charge is 0.291 e. The molecule has 2 amide bonds. The number of halogens is 1. The normalized spacial score (nSPS) is 15.3. The second kappa shape index (κ2) is 7.14. The number of aromatic nitrogens is 1. The van der Waals surface area contributed by atoms with Gasteiger partial charge in [-0.05, 0) is 47.2 Å². The number of hydrogen-bond donors (Lipinski definition) is 1. The molecular weight excluding hydrogens is 376 g/mol. The second-order valence-corrected chi connectivity index (χ2v) is 6.36. The summed E-state index contributed by atoms with van der Waals surface area (Å²) in [4.78, 5) is 32.7. The van der Waals surface area contributed by atoms with E-state index in [1.165, 1.54) is 6.20 Å². The molecule has 1 aliphatic heterocycles. The second-order valence-electron chi connectivity index (χ2n) is 5.58. The number of pyridine rings is 1. The molecule has 24 heavy (non-hydrogen) atoms. The highest BCUT2D eigenvalue weighted by Crippen LogP contribution is 2.17. The molecule has 0 atom stereocenters.